The minimum absolute atomic E-state index is 0.187. The van der Waals surface area contributed by atoms with Gasteiger partial charge in [-0.25, -0.2) is 0 Å². The number of rotatable bonds is 6. The smallest absolute Gasteiger partial charge is 0.158 e. The SMILES string of the molecule is CCN(CC)C1(C(=O)Cc2cncs2)CCCC1. The summed E-state index contributed by atoms with van der Waals surface area (Å²) in [6.45, 7) is 6.24. The van der Waals surface area contributed by atoms with Gasteiger partial charge in [0.05, 0.1) is 11.0 Å². The van der Waals surface area contributed by atoms with Crippen LogP contribution in [-0.4, -0.2) is 34.3 Å². The highest BCUT2D eigenvalue weighted by molar-refractivity contribution is 7.09. The Hall–Kier alpha value is -0.740. The first kappa shape index (κ1) is 13.7. The van der Waals surface area contributed by atoms with Crippen molar-refractivity contribution < 1.29 is 4.79 Å². The van der Waals surface area contributed by atoms with E-state index in [1.807, 2.05) is 6.20 Å². The quantitative estimate of drug-likeness (QED) is 0.794. The van der Waals surface area contributed by atoms with Gasteiger partial charge in [-0.3, -0.25) is 14.7 Å². The van der Waals surface area contributed by atoms with E-state index >= 15 is 0 Å². The van der Waals surface area contributed by atoms with E-state index in [1.54, 1.807) is 16.8 Å². The number of aromatic nitrogens is 1. The molecule has 0 spiro atoms. The van der Waals surface area contributed by atoms with Crippen LogP contribution in [0, 0.1) is 0 Å². The summed E-state index contributed by atoms with van der Waals surface area (Å²) >= 11 is 1.59. The molecule has 4 heteroatoms. The van der Waals surface area contributed by atoms with Crippen LogP contribution in [-0.2, 0) is 11.2 Å². The van der Waals surface area contributed by atoms with Gasteiger partial charge < -0.3 is 0 Å². The minimum atomic E-state index is -0.187. The van der Waals surface area contributed by atoms with Gasteiger partial charge >= 0.3 is 0 Å². The lowest BCUT2D eigenvalue weighted by molar-refractivity contribution is -0.130. The fourth-order valence-electron chi connectivity index (χ4n) is 3.21. The number of thiazole rings is 1. The van der Waals surface area contributed by atoms with Crippen LogP contribution in [0.5, 0.6) is 0 Å². The normalized spacial score (nSPS) is 18.4. The molecule has 0 bridgehead atoms. The third-order valence-corrected chi connectivity index (χ3v) is 4.92. The molecule has 0 aliphatic heterocycles. The van der Waals surface area contributed by atoms with E-state index in [4.69, 9.17) is 0 Å². The van der Waals surface area contributed by atoms with E-state index in [2.05, 4.69) is 23.7 Å². The van der Waals surface area contributed by atoms with Gasteiger partial charge in [0.2, 0.25) is 0 Å². The molecule has 3 nitrogen and oxygen atoms in total. The summed E-state index contributed by atoms with van der Waals surface area (Å²) in [6, 6.07) is 0. The maximum absolute atomic E-state index is 12.7. The van der Waals surface area contributed by atoms with E-state index in [-0.39, 0.29) is 5.54 Å². The lowest BCUT2D eigenvalue weighted by atomic mass is 9.87. The highest BCUT2D eigenvalue weighted by Gasteiger charge is 2.44. The molecule has 1 fully saturated rings. The lowest BCUT2D eigenvalue weighted by Gasteiger charge is -2.39. The molecule has 2 rings (SSSR count). The van der Waals surface area contributed by atoms with Crippen molar-refractivity contribution in [2.24, 2.45) is 0 Å². The second-order valence-corrected chi connectivity index (χ2v) is 5.95. The summed E-state index contributed by atoms with van der Waals surface area (Å²) in [5.41, 5.74) is 1.62. The molecule has 1 aromatic rings. The van der Waals surface area contributed by atoms with Gasteiger partial charge in [0, 0.05) is 17.5 Å². The summed E-state index contributed by atoms with van der Waals surface area (Å²) in [5, 5.41) is 0. The molecule has 1 aliphatic carbocycles. The molecule has 0 aromatic carbocycles. The van der Waals surface area contributed by atoms with Crippen LogP contribution in [0.25, 0.3) is 0 Å². The fraction of sp³-hybridized carbons (Fsp3) is 0.714. The first-order chi connectivity index (χ1) is 8.73. The van der Waals surface area contributed by atoms with Crippen molar-refractivity contribution in [3.63, 3.8) is 0 Å². The third-order valence-electron chi connectivity index (χ3n) is 4.14. The lowest BCUT2D eigenvalue weighted by Crippen LogP contribution is -2.53. The number of carbonyl (C=O) groups is 1. The minimum Gasteiger partial charge on any atom is -0.297 e. The molecule has 0 amide bonds. The summed E-state index contributed by atoms with van der Waals surface area (Å²) in [7, 11) is 0. The van der Waals surface area contributed by atoms with Crippen LogP contribution in [0.3, 0.4) is 0 Å². The molecule has 1 aliphatic rings. The largest absolute Gasteiger partial charge is 0.297 e. The second kappa shape index (κ2) is 5.93. The predicted molar refractivity (Wildman–Crippen MR) is 74.9 cm³/mol. The molecule has 0 saturated heterocycles. The van der Waals surface area contributed by atoms with E-state index in [0.717, 1.165) is 30.8 Å². The Morgan fingerprint density at radius 3 is 2.56 bits per heavy atom. The van der Waals surface area contributed by atoms with Crippen LogP contribution in [0.2, 0.25) is 0 Å². The first-order valence-corrected chi connectivity index (χ1v) is 7.76. The number of nitrogens with zero attached hydrogens (tertiary/aromatic N) is 2. The van der Waals surface area contributed by atoms with Crippen molar-refractivity contribution in [2.75, 3.05) is 13.1 Å². The number of ketones is 1. The van der Waals surface area contributed by atoms with Gasteiger partial charge in [-0.15, -0.1) is 11.3 Å². The van der Waals surface area contributed by atoms with Crippen molar-refractivity contribution in [3.05, 3.63) is 16.6 Å². The van der Waals surface area contributed by atoms with Gasteiger partial charge in [0.25, 0.3) is 0 Å². The van der Waals surface area contributed by atoms with Gasteiger partial charge in [0.15, 0.2) is 5.78 Å². The molecule has 18 heavy (non-hydrogen) atoms. The molecule has 0 unspecified atom stereocenters. The zero-order valence-electron chi connectivity index (χ0n) is 11.3. The van der Waals surface area contributed by atoms with E-state index in [1.165, 1.54) is 12.8 Å². The van der Waals surface area contributed by atoms with Gasteiger partial charge in [-0.2, -0.15) is 0 Å². The third kappa shape index (κ3) is 2.50. The fourth-order valence-corrected chi connectivity index (χ4v) is 3.81. The molecular formula is C14H22N2OS. The number of carbonyl (C=O) groups excluding carboxylic acids is 1. The molecule has 0 atom stereocenters. The maximum Gasteiger partial charge on any atom is 0.158 e. The predicted octanol–water partition coefficient (Wildman–Crippen LogP) is 2.91. The van der Waals surface area contributed by atoms with Crippen molar-refractivity contribution in [2.45, 2.75) is 51.5 Å². The van der Waals surface area contributed by atoms with E-state index in [9.17, 15) is 4.79 Å². The van der Waals surface area contributed by atoms with Crippen LogP contribution in [0.15, 0.2) is 11.7 Å². The van der Waals surface area contributed by atoms with Crippen molar-refractivity contribution >= 4 is 17.1 Å². The zero-order chi connectivity index (χ0) is 13.0. The van der Waals surface area contributed by atoms with Crippen LogP contribution in [0.4, 0.5) is 0 Å². The summed E-state index contributed by atoms with van der Waals surface area (Å²) < 4.78 is 0. The Bertz CT molecular complexity index is 379. The van der Waals surface area contributed by atoms with Crippen molar-refractivity contribution in [1.29, 1.82) is 0 Å². The number of hydrogen-bond acceptors (Lipinski definition) is 4. The highest BCUT2D eigenvalue weighted by Crippen LogP contribution is 2.37. The second-order valence-electron chi connectivity index (χ2n) is 4.98. The summed E-state index contributed by atoms with van der Waals surface area (Å²) in [5.74, 6) is 0.396. The van der Waals surface area contributed by atoms with Gasteiger partial charge in [-0.1, -0.05) is 26.7 Å². The number of hydrogen-bond donors (Lipinski definition) is 0. The molecular weight excluding hydrogens is 244 g/mol. The highest BCUT2D eigenvalue weighted by atomic mass is 32.1. The van der Waals surface area contributed by atoms with Crippen LogP contribution in [0.1, 0.15) is 44.4 Å². The number of likely N-dealkylation sites (N-methyl/N-ethyl adjacent to an activating group) is 1. The van der Waals surface area contributed by atoms with Gasteiger partial charge in [-0.05, 0) is 25.9 Å². The molecule has 0 N–H and O–H groups in total. The van der Waals surface area contributed by atoms with E-state index < -0.39 is 0 Å². The standard InChI is InChI=1S/C14H22N2OS/c1-3-16(4-2)14(7-5-6-8-14)13(17)9-12-10-15-11-18-12/h10-11H,3-9H2,1-2H3. The molecule has 100 valence electrons. The number of Topliss-reactive ketones (excluding diaryl/α,β-unsaturated/α-hetero) is 1. The summed E-state index contributed by atoms with van der Waals surface area (Å²) in [4.78, 5) is 20.3. The Morgan fingerprint density at radius 1 is 1.39 bits per heavy atom. The maximum atomic E-state index is 12.7. The average molecular weight is 266 g/mol. The van der Waals surface area contributed by atoms with Gasteiger partial charge in [0.1, 0.15) is 0 Å². The average Bonchev–Trinajstić information content (AvgIpc) is 3.02. The van der Waals surface area contributed by atoms with Crippen molar-refractivity contribution in [1.82, 2.24) is 9.88 Å². The van der Waals surface area contributed by atoms with E-state index in [0.29, 0.717) is 12.2 Å². The molecule has 1 heterocycles. The van der Waals surface area contributed by atoms with Crippen LogP contribution < -0.4 is 0 Å². The van der Waals surface area contributed by atoms with Crippen LogP contribution >= 0.6 is 11.3 Å². The monoisotopic (exact) mass is 266 g/mol. The Morgan fingerprint density at radius 2 is 2.06 bits per heavy atom. The molecule has 1 aromatic heterocycles. The molecule has 0 radical (unpaired) electrons. The zero-order valence-corrected chi connectivity index (χ0v) is 12.1. The summed E-state index contributed by atoms with van der Waals surface area (Å²) in [6.07, 6.45) is 6.82. The Kier molecular flexibility index (Phi) is 4.51. The Labute approximate surface area is 113 Å². The topological polar surface area (TPSA) is 33.2 Å². The van der Waals surface area contributed by atoms with Crippen molar-refractivity contribution in [3.8, 4) is 0 Å². The first-order valence-electron chi connectivity index (χ1n) is 6.88. The molecule has 1 saturated carbocycles. The Balaban J connectivity index is 2.16.